The molecule has 0 aromatic heterocycles. The number of carbonyl (C=O) groups is 1. The van der Waals surface area contributed by atoms with Crippen LogP contribution in [-0.2, 0) is 24.8 Å². The molecule has 0 saturated carbocycles. The highest BCUT2D eigenvalue weighted by molar-refractivity contribution is 7.98. The lowest BCUT2D eigenvalue weighted by Gasteiger charge is -2.26. The molecule has 1 saturated heterocycles. The predicted molar refractivity (Wildman–Crippen MR) is 160 cm³/mol. The van der Waals surface area contributed by atoms with Crippen molar-refractivity contribution in [1.82, 2.24) is 4.31 Å². The molecule has 4 rings (SSSR count). The molecule has 3 aromatic rings. The minimum atomic E-state index is -4.22. The summed E-state index contributed by atoms with van der Waals surface area (Å²) in [4.78, 5) is 14.4. The first-order chi connectivity index (χ1) is 19.6. The van der Waals surface area contributed by atoms with E-state index in [1.807, 2.05) is 6.26 Å². The number of benzene rings is 3. The molecular formula is C28H33N3O7S3. The summed E-state index contributed by atoms with van der Waals surface area (Å²) in [6.07, 6.45) is 3.46. The van der Waals surface area contributed by atoms with Gasteiger partial charge in [0.2, 0.25) is 15.9 Å². The number of thioether (sulfide) groups is 1. The third-order valence-electron chi connectivity index (χ3n) is 6.52. The molecule has 0 bridgehead atoms. The Morgan fingerprint density at radius 2 is 1.61 bits per heavy atom. The van der Waals surface area contributed by atoms with Gasteiger partial charge in [0.15, 0.2) is 0 Å². The fourth-order valence-corrected chi connectivity index (χ4v) is 7.84. The van der Waals surface area contributed by atoms with Crippen molar-refractivity contribution in [3.63, 3.8) is 0 Å². The van der Waals surface area contributed by atoms with Crippen molar-refractivity contribution in [3.8, 4) is 11.5 Å². The first kappa shape index (κ1) is 30.7. The molecule has 1 N–H and O–H groups in total. The van der Waals surface area contributed by atoms with Gasteiger partial charge in [0.1, 0.15) is 18.0 Å². The van der Waals surface area contributed by atoms with Crippen molar-refractivity contribution < 1.29 is 31.1 Å². The number of hydrogen-bond acceptors (Lipinski definition) is 8. The number of nitrogens with zero attached hydrogens (tertiary/aromatic N) is 2. The molecule has 0 spiro atoms. The van der Waals surface area contributed by atoms with Crippen LogP contribution in [0.4, 0.5) is 11.4 Å². The zero-order valence-corrected chi connectivity index (χ0v) is 25.5. The Morgan fingerprint density at radius 1 is 0.951 bits per heavy atom. The number of sulfonamides is 2. The average Bonchev–Trinajstić information content (AvgIpc) is 3.53. The summed E-state index contributed by atoms with van der Waals surface area (Å²) in [5.74, 6) is -0.173. The molecule has 1 amide bonds. The number of nitrogens with one attached hydrogen (secondary N) is 1. The summed E-state index contributed by atoms with van der Waals surface area (Å²) in [5.41, 5.74) is 0.299. The van der Waals surface area contributed by atoms with E-state index in [0.717, 1.165) is 22.0 Å². The lowest BCUT2D eigenvalue weighted by atomic mass is 10.2. The number of para-hydroxylation sites is 2. The fraction of sp³-hybridized carbons (Fsp3) is 0.321. The lowest BCUT2D eigenvalue weighted by molar-refractivity contribution is -0.114. The smallest absolute Gasteiger partial charge is 0.264 e. The van der Waals surface area contributed by atoms with Gasteiger partial charge in [0.25, 0.3) is 10.0 Å². The van der Waals surface area contributed by atoms with Gasteiger partial charge < -0.3 is 14.8 Å². The maximum atomic E-state index is 13.9. The highest BCUT2D eigenvalue weighted by Gasteiger charge is 2.31. The number of carbonyl (C=O) groups excluding carboxylic acids is 1. The van der Waals surface area contributed by atoms with Gasteiger partial charge in [0.05, 0.1) is 34.9 Å². The van der Waals surface area contributed by atoms with Crippen molar-refractivity contribution >= 4 is 49.1 Å². The largest absolute Gasteiger partial charge is 0.495 e. The zero-order valence-electron chi connectivity index (χ0n) is 23.1. The molecule has 1 aliphatic heterocycles. The van der Waals surface area contributed by atoms with Crippen LogP contribution in [0, 0.1) is 0 Å². The van der Waals surface area contributed by atoms with Gasteiger partial charge in [-0.25, -0.2) is 16.8 Å². The van der Waals surface area contributed by atoms with Crippen LogP contribution in [0.25, 0.3) is 0 Å². The monoisotopic (exact) mass is 619 g/mol. The molecule has 3 aromatic carbocycles. The molecule has 0 radical (unpaired) electrons. The van der Waals surface area contributed by atoms with Gasteiger partial charge in [-0.05, 0) is 80.6 Å². The van der Waals surface area contributed by atoms with Gasteiger partial charge in [-0.2, -0.15) is 4.31 Å². The Balaban J connectivity index is 1.70. The number of rotatable bonds is 12. The summed E-state index contributed by atoms with van der Waals surface area (Å²) in [6, 6.07) is 17.2. The first-order valence-corrected chi connectivity index (χ1v) is 17.1. The summed E-state index contributed by atoms with van der Waals surface area (Å²) < 4.78 is 67.5. The third-order valence-corrected chi connectivity index (χ3v) is 10.9. The Morgan fingerprint density at radius 3 is 2.24 bits per heavy atom. The summed E-state index contributed by atoms with van der Waals surface area (Å²) >= 11 is 1.48. The maximum Gasteiger partial charge on any atom is 0.264 e. The maximum absolute atomic E-state index is 13.9. The summed E-state index contributed by atoms with van der Waals surface area (Å²) in [6.45, 7) is 2.32. The predicted octanol–water partition coefficient (Wildman–Crippen LogP) is 4.43. The van der Waals surface area contributed by atoms with Crippen LogP contribution in [0.5, 0.6) is 11.5 Å². The Hall–Kier alpha value is -3.26. The standard InChI is InChI=1S/C28H33N3O7S3/c1-4-38-27-10-6-5-9-25(27)31(41(35,36)22-13-11-21(39-3)12-14-22)20-28(32)29-24-19-23(15-16-26(24)37-2)40(33,34)30-17-7-8-18-30/h5-6,9-16,19H,4,7-8,17-18,20H2,1-3H3,(H,29,32). The van der Waals surface area contributed by atoms with Crippen LogP contribution < -0.4 is 19.1 Å². The van der Waals surface area contributed by atoms with Crippen molar-refractivity contribution in [2.45, 2.75) is 34.5 Å². The molecule has 0 unspecified atom stereocenters. The molecule has 0 aliphatic carbocycles. The van der Waals surface area contributed by atoms with Crippen LogP contribution in [-0.4, -0.2) is 66.7 Å². The molecule has 1 aliphatic rings. The Bertz CT molecular complexity index is 1590. The normalized spacial score (nSPS) is 14.0. The molecule has 1 heterocycles. The van der Waals surface area contributed by atoms with Crippen molar-refractivity contribution in [2.75, 3.05) is 49.2 Å². The van der Waals surface area contributed by atoms with E-state index in [-0.39, 0.29) is 33.5 Å². The molecule has 220 valence electrons. The van der Waals surface area contributed by atoms with Gasteiger partial charge in [-0.3, -0.25) is 9.10 Å². The quantitative estimate of drug-likeness (QED) is 0.296. The first-order valence-electron chi connectivity index (χ1n) is 13.0. The van der Waals surface area contributed by atoms with Crippen LogP contribution in [0.1, 0.15) is 19.8 Å². The summed E-state index contributed by atoms with van der Waals surface area (Å²) in [5, 5.41) is 2.66. The number of amides is 1. The summed E-state index contributed by atoms with van der Waals surface area (Å²) in [7, 11) is -6.58. The van der Waals surface area contributed by atoms with Crippen molar-refractivity contribution in [3.05, 3.63) is 66.7 Å². The minimum Gasteiger partial charge on any atom is -0.495 e. The lowest BCUT2D eigenvalue weighted by Crippen LogP contribution is -2.38. The highest BCUT2D eigenvalue weighted by atomic mass is 32.2. The van der Waals surface area contributed by atoms with E-state index < -0.39 is 32.5 Å². The molecule has 0 atom stereocenters. The van der Waals surface area contributed by atoms with Crippen LogP contribution in [0.15, 0.2) is 81.4 Å². The van der Waals surface area contributed by atoms with Crippen LogP contribution >= 0.6 is 11.8 Å². The molecule has 41 heavy (non-hydrogen) atoms. The van der Waals surface area contributed by atoms with E-state index in [1.165, 1.54) is 53.5 Å². The van der Waals surface area contributed by atoms with Gasteiger partial charge in [0, 0.05) is 18.0 Å². The second-order valence-electron chi connectivity index (χ2n) is 9.11. The highest BCUT2D eigenvalue weighted by Crippen LogP contribution is 2.34. The van der Waals surface area contributed by atoms with E-state index in [2.05, 4.69) is 5.32 Å². The van der Waals surface area contributed by atoms with Gasteiger partial charge in [-0.1, -0.05) is 12.1 Å². The van der Waals surface area contributed by atoms with Gasteiger partial charge >= 0.3 is 0 Å². The Labute approximate surface area is 245 Å². The second-order valence-corrected chi connectivity index (χ2v) is 13.8. The van der Waals surface area contributed by atoms with Crippen molar-refractivity contribution in [1.29, 1.82) is 0 Å². The molecule has 10 nitrogen and oxygen atoms in total. The van der Waals surface area contributed by atoms with Gasteiger partial charge in [-0.15, -0.1) is 11.8 Å². The fourth-order valence-electron chi connectivity index (χ4n) is 4.46. The minimum absolute atomic E-state index is 0.00526. The van der Waals surface area contributed by atoms with E-state index in [0.29, 0.717) is 18.8 Å². The second kappa shape index (κ2) is 13.1. The molecular weight excluding hydrogens is 587 g/mol. The van der Waals surface area contributed by atoms with E-state index in [9.17, 15) is 21.6 Å². The number of anilines is 2. The van der Waals surface area contributed by atoms with Crippen LogP contribution in [0.3, 0.4) is 0 Å². The number of methoxy groups -OCH3 is 1. The zero-order chi connectivity index (χ0) is 29.6. The molecule has 13 heteroatoms. The number of hydrogen-bond donors (Lipinski definition) is 1. The van der Waals surface area contributed by atoms with Crippen molar-refractivity contribution in [2.24, 2.45) is 0 Å². The topological polar surface area (TPSA) is 122 Å². The van der Waals surface area contributed by atoms with E-state index in [4.69, 9.17) is 9.47 Å². The van der Waals surface area contributed by atoms with Crippen LogP contribution in [0.2, 0.25) is 0 Å². The average molecular weight is 620 g/mol. The van der Waals surface area contributed by atoms with E-state index in [1.54, 1.807) is 43.3 Å². The SMILES string of the molecule is CCOc1ccccc1N(CC(=O)Nc1cc(S(=O)(=O)N2CCCC2)ccc1OC)S(=O)(=O)c1ccc(SC)cc1. The van der Waals surface area contributed by atoms with E-state index >= 15 is 0 Å². The number of ether oxygens (including phenoxy) is 2. The Kier molecular flexibility index (Phi) is 9.84. The molecule has 1 fully saturated rings. The third kappa shape index (κ3) is 6.80.